The Kier molecular flexibility index (Phi) is 4.14. The maximum Gasteiger partial charge on any atom is 0.494 e. The number of allylic oxidation sites excluding steroid dienone is 1. The van der Waals surface area contributed by atoms with Gasteiger partial charge in [-0.15, -0.1) is 0 Å². The molecule has 2 fully saturated rings. The highest BCUT2D eigenvalue weighted by Crippen LogP contribution is 2.36. The summed E-state index contributed by atoms with van der Waals surface area (Å²) in [6, 6.07) is 9.02. The van der Waals surface area contributed by atoms with Gasteiger partial charge in [0.2, 0.25) is 0 Å². The summed E-state index contributed by atoms with van der Waals surface area (Å²) < 4.78 is 12.3. The maximum atomic E-state index is 6.13. The van der Waals surface area contributed by atoms with Crippen molar-refractivity contribution in [3.8, 4) is 0 Å². The number of benzene rings is 1. The van der Waals surface area contributed by atoms with E-state index in [1.54, 1.807) is 0 Å². The zero-order valence-electron chi connectivity index (χ0n) is 15.6. The summed E-state index contributed by atoms with van der Waals surface area (Å²) in [7, 11) is -0.300. The average molecular weight is 338 g/mol. The molecule has 25 heavy (non-hydrogen) atoms. The Balaban J connectivity index is 1.44. The molecule has 4 rings (SSSR count). The quantitative estimate of drug-likeness (QED) is 0.862. The van der Waals surface area contributed by atoms with Gasteiger partial charge in [0.1, 0.15) is 0 Å². The van der Waals surface area contributed by atoms with Gasteiger partial charge < -0.3 is 14.6 Å². The Morgan fingerprint density at radius 1 is 1.08 bits per heavy atom. The summed E-state index contributed by atoms with van der Waals surface area (Å²) in [6.45, 7) is 9.45. The molecule has 132 valence electrons. The largest absolute Gasteiger partial charge is 0.494 e. The summed E-state index contributed by atoms with van der Waals surface area (Å²) in [5.41, 5.74) is 4.27. The van der Waals surface area contributed by atoms with Crippen molar-refractivity contribution in [3.05, 3.63) is 36.0 Å². The van der Waals surface area contributed by atoms with E-state index in [-0.39, 0.29) is 18.3 Å². The molecule has 0 radical (unpaired) electrons. The molecule has 4 nitrogen and oxygen atoms in total. The SMILES string of the molecule is CC1(C)OB(c2ccc(C3=CN=C([C@@H]4CCCN4)C3)cc2)OC1(C)C. The van der Waals surface area contributed by atoms with Crippen molar-refractivity contribution in [3.63, 3.8) is 0 Å². The fourth-order valence-electron chi connectivity index (χ4n) is 3.64. The summed E-state index contributed by atoms with van der Waals surface area (Å²) >= 11 is 0. The number of nitrogens with one attached hydrogen (secondary N) is 1. The average Bonchev–Trinajstić information content (AvgIpc) is 3.28. The van der Waals surface area contributed by atoms with Crippen LogP contribution in [0.5, 0.6) is 0 Å². The number of aliphatic imine (C=N–C) groups is 1. The second-order valence-corrected chi connectivity index (χ2v) is 8.31. The lowest BCUT2D eigenvalue weighted by atomic mass is 9.78. The lowest BCUT2D eigenvalue weighted by molar-refractivity contribution is 0.00578. The Labute approximate surface area is 150 Å². The van der Waals surface area contributed by atoms with Crippen LogP contribution in [0.25, 0.3) is 5.57 Å². The Bertz CT molecular complexity index is 700. The van der Waals surface area contributed by atoms with E-state index in [0.717, 1.165) is 18.4 Å². The van der Waals surface area contributed by atoms with Crippen molar-refractivity contribution >= 4 is 23.9 Å². The van der Waals surface area contributed by atoms with Crippen LogP contribution in [-0.2, 0) is 9.31 Å². The molecule has 1 aromatic rings. The summed E-state index contributed by atoms with van der Waals surface area (Å²) in [6.07, 6.45) is 5.44. The zero-order valence-corrected chi connectivity index (χ0v) is 15.6. The predicted octanol–water partition coefficient (Wildman–Crippen LogP) is 2.92. The standard InChI is InChI=1S/C20H27BN2O2/c1-19(2)20(3,4)25-21(24-19)16-9-7-14(8-10-16)15-12-18(23-13-15)17-6-5-11-22-17/h7-10,13,17,22H,5-6,11-12H2,1-4H3/t17-/m0/s1. The van der Waals surface area contributed by atoms with Gasteiger partial charge in [-0.25, -0.2) is 0 Å². The second-order valence-electron chi connectivity index (χ2n) is 8.31. The minimum absolute atomic E-state index is 0.300. The molecule has 0 aliphatic carbocycles. The van der Waals surface area contributed by atoms with Gasteiger partial charge in [0.25, 0.3) is 0 Å². The third kappa shape index (κ3) is 3.09. The first-order chi connectivity index (χ1) is 11.9. The van der Waals surface area contributed by atoms with E-state index in [1.807, 2.05) is 6.20 Å². The first kappa shape index (κ1) is 17.0. The van der Waals surface area contributed by atoms with E-state index < -0.39 is 0 Å². The number of hydrogen-bond acceptors (Lipinski definition) is 4. The molecule has 2 saturated heterocycles. The van der Waals surface area contributed by atoms with E-state index in [9.17, 15) is 0 Å². The highest BCUT2D eigenvalue weighted by molar-refractivity contribution is 6.62. The molecule has 0 aromatic heterocycles. The number of hydrogen-bond donors (Lipinski definition) is 1. The van der Waals surface area contributed by atoms with Crippen LogP contribution in [0.1, 0.15) is 52.5 Å². The lowest BCUT2D eigenvalue weighted by Crippen LogP contribution is -2.41. The number of nitrogens with zero attached hydrogens (tertiary/aromatic N) is 1. The minimum atomic E-state index is -0.304. The Morgan fingerprint density at radius 3 is 2.36 bits per heavy atom. The molecule has 3 heterocycles. The molecule has 0 bridgehead atoms. The van der Waals surface area contributed by atoms with E-state index in [1.165, 1.54) is 29.7 Å². The van der Waals surface area contributed by atoms with E-state index >= 15 is 0 Å². The van der Waals surface area contributed by atoms with Crippen LogP contribution in [0.2, 0.25) is 0 Å². The Morgan fingerprint density at radius 2 is 1.76 bits per heavy atom. The van der Waals surface area contributed by atoms with Crippen molar-refractivity contribution in [1.29, 1.82) is 0 Å². The van der Waals surface area contributed by atoms with Crippen molar-refractivity contribution in [2.45, 2.75) is 64.2 Å². The molecule has 0 spiro atoms. The highest BCUT2D eigenvalue weighted by Gasteiger charge is 2.51. The third-order valence-electron chi connectivity index (χ3n) is 6.03. The van der Waals surface area contributed by atoms with Crippen molar-refractivity contribution in [1.82, 2.24) is 5.32 Å². The number of rotatable bonds is 3. The van der Waals surface area contributed by atoms with Crippen LogP contribution in [-0.4, -0.2) is 36.6 Å². The van der Waals surface area contributed by atoms with E-state index in [0.29, 0.717) is 6.04 Å². The van der Waals surface area contributed by atoms with Crippen molar-refractivity contribution in [2.24, 2.45) is 4.99 Å². The monoisotopic (exact) mass is 338 g/mol. The molecule has 3 aliphatic rings. The van der Waals surface area contributed by atoms with Gasteiger partial charge >= 0.3 is 7.12 Å². The topological polar surface area (TPSA) is 42.8 Å². The molecule has 3 aliphatic heterocycles. The van der Waals surface area contributed by atoms with Gasteiger partial charge in [-0.1, -0.05) is 24.3 Å². The van der Waals surface area contributed by atoms with Crippen LogP contribution in [0.3, 0.4) is 0 Å². The van der Waals surface area contributed by atoms with Crippen LogP contribution < -0.4 is 10.8 Å². The molecule has 1 atom stereocenters. The van der Waals surface area contributed by atoms with Gasteiger partial charge in [-0.3, -0.25) is 4.99 Å². The third-order valence-corrected chi connectivity index (χ3v) is 6.03. The van der Waals surface area contributed by atoms with Crippen molar-refractivity contribution in [2.75, 3.05) is 6.54 Å². The molecule has 0 unspecified atom stereocenters. The Hall–Kier alpha value is -1.43. The molecular formula is C20H27BN2O2. The smallest absolute Gasteiger partial charge is 0.399 e. The van der Waals surface area contributed by atoms with Crippen LogP contribution in [0, 0.1) is 0 Å². The van der Waals surface area contributed by atoms with Gasteiger partial charge in [0, 0.05) is 24.4 Å². The maximum absolute atomic E-state index is 6.13. The van der Waals surface area contributed by atoms with Crippen LogP contribution >= 0.6 is 0 Å². The molecule has 1 aromatic carbocycles. The second kappa shape index (κ2) is 6.08. The van der Waals surface area contributed by atoms with Crippen molar-refractivity contribution < 1.29 is 9.31 Å². The molecule has 0 saturated carbocycles. The lowest BCUT2D eigenvalue weighted by Gasteiger charge is -2.32. The van der Waals surface area contributed by atoms with Crippen LogP contribution in [0.4, 0.5) is 0 Å². The first-order valence-corrected chi connectivity index (χ1v) is 9.31. The summed E-state index contributed by atoms with van der Waals surface area (Å²) in [5.74, 6) is 0. The van der Waals surface area contributed by atoms with Gasteiger partial charge in [0.15, 0.2) is 0 Å². The molecule has 5 heteroatoms. The first-order valence-electron chi connectivity index (χ1n) is 9.31. The summed E-state index contributed by atoms with van der Waals surface area (Å²) in [4.78, 5) is 4.66. The molecular weight excluding hydrogens is 311 g/mol. The zero-order chi connectivity index (χ0) is 17.7. The highest BCUT2D eigenvalue weighted by atomic mass is 16.7. The fourth-order valence-corrected chi connectivity index (χ4v) is 3.64. The predicted molar refractivity (Wildman–Crippen MR) is 103 cm³/mol. The van der Waals surface area contributed by atoms with Crippen LogP contribution in [0.15, 0.2) is 35.5 Å². The molecule has 0 amide bonds. The summed E-state index contributed by atoms with van der Waals surface area (Å²) in [5, 5.41) is 3.53. The molecule has 1 N–H and O–H groups in total. The van der Waals surface area contributed by atoms with Gasteiger partial charge in [-0.2, -0.15) is 0 Å². The van der Waals surface area contributed by atoms with Gasteiger partial charge in [0.05, 0.1) is 11.2 Å². The minimum Gasteiger partial charge on any atom is -0.399 e. The van der Waals surface area contributed by atoms with Gasteiger partial charge in [-0.05, 0) is 63.7 Å². The van der Waals surface area contributed by atoms with E-state index in [4.69, 9.17) is 9.31 Å². The fraction of sp³-hybridized carbons (Fsp3) is 0.550. The van der Waals surface area contributed by atoms with E-state index in [2.05, 4.69) is 62.3 Å². The normalized spacial score (nSPS) is 27.5.